The number of para-hydroxylation sites is 1. The number of imide groups is 2. The maximum absolute atomic E-state index is 13.2. The van der Waals surface area contributed by atoms with E-state index in [1.54, 1.807) is 12.1 Å². The van der Waals surface area contributed by atoms with E-state index in [4.69, 9.17) is 0 Å². The van der Waals surface area contributed by atoms with Gasteiger partial charge in [-0.05, 0) is 29.7 Å². The second kappa shape index (κ2) is 9.36. The van der Waals surface area contributed by atoms with E-state index in [-0.39, 0.29) is 18.7 Å². The van der Waals surface area contributed by atoms with Crippen molar-refractivity contribution in [1.82, 2.24) is 20.9 Å². The van der Waals surface area contributed by atoms with Gasteiger partial charge in [-0.1, -0.05) is 30.3 Å². The highest BCUT2D eigenvalue weighted by Crippen LogP contribution is 2.30. The van der Waals surface area contributed by atoms with Crippen LogP contribution in [0.3, 0.4) is 0 Å². The number of piperazine rings is 1. The van der Waals surface area contributed by atoms with Gasteiger partial charge in [-0.3, -0.25) is 29.4 Å². The average molecular weight is 462 g/mol. The molecule has 2 aromatic carbocycles. The fourth-order valence-corrected chi connectivity index (χ4v) is 4.94. The number of piperidine rings is 1. The van der Waals surface area contributed by atoms with E-state index in [0.717, 1.165) is 31.1 Å². The number of carbonyl (C=O) groups is 4. The number of anilines is 1. The number of carbonyl (C=O) groups excluding carboxylic acids is 4. The van der Waals surface area contributed by atoms with Gasteiger partial charge >= 0.3 is 0 Å². The Morgan fingerprint density at radius 3 is 2.41 bits per heavy atom. The molecule has 4 amide bonds. The summed E-state index contributed by atoms with van der Waals surface area (Å²) >= 11 is 0. The Bertz CT molecular complexity index is 1160. The molecule has 0 spiro atoms. The molecule has 0 saturated carbocycles. The Morgan fingerprint density at radius 2 is 1.62 bits per heavy atom. The maximum atomic E-state index is 13.2. The van der Waals surface area contributed by atoms with Gasteiger partial charge in [0.15, 0.2) is 0 Å². The third-order valence-electron chi connectivity index (χ3n) is 6.63. The smallest absolute Gasteiger partial charge is 0.262 e. The minimum atomic E-state index is -0.961. The Hall–Kier alpha value is -3.56. The van der Waals surface area contributed by atoms with Crippen LogP contribution in [0, 0.1) is 0 Å². The first-order valence-electron chi connectivity index (χ1n) is 11.6. The van der Waals surface area contributed by atoms with Gasteiger partial charge in [0.1, 0.15) is 6.04 Å². The summed E-state index contributed by atoms with van der Waals surface area (Å²) < 4.78 is 0. The van der Waals surface area contributed by atoms with Gasteiger partial charge in [-0.2, -0.15) is 0 Å². The predicted octanol–water partition coefficient (Wildman–Crippen LogP) is 0.787. The molecule has 1 atom stereocenters. The van der Waals surface area contributed by atoms with Crippen LogP contribution in [0.1, 0.15) is 44.7 Å². The van der Waals surface area contributed by atoms with E-state index in [2.05, 4.69) is 33.0 Å². The number of nitrogens with one attached hydrogen (secondary N) is 3. The van der Waals surface area contributed by atoms with Crippen LogP contribution in [0.15, 0.2) is 42.5 Å². The van der Waals surface area contributed by atoms with E-state index in [1.165, 1.54) is 11.3 Å². The van der Waals surface area contributed by atoms with Crippen LogP contribution in [0.2, 0.25) is 0 Å². The third kappa shape index (κ3) is 4.08. The number of hydrogen-bond acceptors (Lipinski definition) is 7. The van der Waals surface area contributed by atoms with Crippen molar-refractivity contribution in [2.75, 3.05) is 31.1 Å². The van der Waals surface area contributed by atoms with Gasteiger partial charge in [0.2, 0.25) is 11.8 Å². The molecular formula is C25H27N5O4. The highest BCUT2D eigenvalue weighted by Gasteiger charge is 2.45. The highest BCUT2D eigenvalue weighted by molar-refractivity contribution is 6.24. The summed E-state index contributed by atoms with van der Waals surface area (Å²) in [5, 5.41) is 9.02. The van der Waals surface area contributed by atoms with Crippen LogP contribution in [-0.4, -0.2) is 60.7 Å². The van der Waals surface area contributed by atoms with Crippen molar-refractivity contribution in [3.05, 3.63) is 64.7 Å². The van der Waals surface area contributed by atoms with E-state index in [0.29, 0.717) is 29.8 Å². The van der Waals surface area contributed by atoms with Crippen molar-refractivity contribution < 1.29 is 19.2 Å². The monoisotopic (exact) mass is 461 g/mol. The summed E-state index contributed by atoms with van der Waals surface area (Å²) in [6.45, 7) is 4.84. The van der Waals surface area contributed by atoms with E-state index < -0.39 is 23.8 Å². The van der Waals surface area contributed by atoms with Gasteiger partial charge in [0, 0.05) is 51.4 Å². The summed E-state index contributed by atoms with van der Waals surface area (Å²) in [5.41, 5.74) is 3.72. The zero-order valence-electron chi connectivity index (χ0n) is 18.8. The van der Waals surface area contributed by atoms with Crippen molar-refractivity contribution in [3.63, 3.8) is 0 Å². The lowest BCUT2D eigenvalue weighted by atomic mass is 10.0. The topological polar surface area (TPSA) is 111 Å². The van der Waals surface area contributed by atoms with Gasteiger partial charge < -0.3 is 15.5 Å². The quantitative estimate of drug-likeness (QED) is 0.546. The largest absolute Gasteiger partial charge is 0.369 e. The lowest BCUT2D eigenvalue weighted by Crippen LogP contribution is -2.54. The summed E-state index contributed by atoms with van der Waals surface area (Å²) in [5.74, 6) is -1.95. The molecule has 0 bridgehead atoms. The fraction of sp³-hybridized carbons (Fsp3) is 0.360. The highest BCUT2D eigenvalue weighted by atomic mass is 16.2. The van der Waals surface area contributed by atoms with Gasteiger partial charge in [0.25, 0.3) is 11.8 Å². The molecule has 0 aromatic heterocycles. The molecule has 34 heavy (non-hydrogen) atoms. The van der Waals surface area contributed by atoms with Gasteiger partial charge in [-0.25, -0.2) is 0 Å². The van der Waals surface area contributed by atoms with Gasteiger partial charge in [-0.15, -0.1) is 0 Å². The number of fused-ring (bicyclic) bond motifs is 1. The third-order valence-corrected chi connectivity index (χ3v) is 6.63. The van der Waals surface area contributed by atoms with E-state index in [1.807, 2.05) is 18.2 Å². The molecule has 176 valence electrons. The maximum Gasteiger partial charge on any atom is 0.262 e. The second-order valence-electron chi connectivity index (χ2n) is 8.76. The lowest BCUT2D eigenvalue weighted by Gasteiger charge is -2.31. The molecule has 2 fully saturated rings. The van der Waals surface area contributed by atoms with Crippen molar-refractivity contribution >= 4 is 29.3 Å². The predicted molar refractivity (Wildman–Crippen MR) is 125 cm³/mol. The Labute approximate surface area is 197 Å². The zero-order chi connectivity index (χ0) is 23.7. The molecule has 3 N–H and O–H groups in total. The number of hydrogen-bond donors (Lipinski definition) is 3. The molecular weight excluding hydrogens is 434 g/mol. The van der Waals surface area contributed by atoms with Crippen LogP contribution >= 0.6 is 0 Å². The molecule has 1 unspecified atom stereocenters. The van der Waals surface area contributed by atoms with Crippen molar-refractivity contribution in [2.24, 2.45) is 0 Å². The number of amides is 4. The number of rotatable bonds is 6. The minimum absolute atomic E-state index is 0.102. The molecule has 0 aliphatic carbocycles. The molecule has 2 aromatic rings. The first-order valence-corrected chi connectivity index (χ1v) is 11.6. The molecule has 0 radical (unpaired) electrons. The number of nitrogens with zero attached hydrogens (tertiary/aromatic N) is 2. The standard InChI is InChI=1S/C25H27N5O4/c31-21-9-8-20(23(32)28-21)30-24(33)18-6-3-5-17(22(18)25(30)34)15-27-14-16-4-1-2-7-19(16)29-12-10-26-11-13-29/h1-7,20,26-27H,8-15H2,(H,28,31,32). The van der Waals surface area contributed by atoms with Crippen molar-refractivity contribution in [3.8, 4) is 0 Å². The zero-order valence-corrected chi connectivity index (χ0v) is 18.8. The summed E-state index contributed by atoms with van der Waals surface area (Å²) in [4.78, 5) is 53.4. The SMILES string of the molecule is O=C1CCC(N2C(=O)c3cccc(CNCc4ccccc4N4CCNCC4)c3C2=O)C(=O)N1. The van der Waals surface area contributed by atoms with Crippen LogP contribution in [0.4, 0.5) is 5.69 Å². The fourth-order valence-electron chi connectivity index (χ4n) is 4.94. The first kappa shape index (κ1) is 22.2. The minimum Gasteiger partial charge on any atom is -0.369 e. The molecule has 3 aliphatic rings. The van der Waals surface area contributed by atoms with Crippen LogP contribution < -0.4 is 20.9 Å². The van der Waals surface area contributed by atoms with Crippen LogP contribution in [0.5, 0.6) is 0 Å². The number of benzene rings is 2. The molecule has 3 aliphatic heterocycles. The normalized spacial score (nSPS) is 20.5. The Kier molecular flexibility index (Phi) is 6.12. The molecule has 2 saturated heterocycles. The van der Waals surface area contributed by atoms with Crippen molar-refractivity contribution in [2.45, 2.75) is 32.0 Å². The Morgan fingerprint density at radius 1 is 0.882 bits per heavy atom. The second-order valence-corrected chi connectivity index (χ2v) is 8.76. The Balaban J connectivity index is 1.31. The average Bonchev–Trinajstić information content (AvgIpc) is 3.11. The van der Waals surface area contributed by atoms with E-state index >= 15 is 0 Å². The molecule has 9 heteroatoms. The van der Waals surface area contributed by atoms with Crippen LogP contribution in [-0.2, 0) is 22.7 Å². The lowest BCUT2D eigenvalue weighted by molar-refractivity contribution is -0.136. The molecule has 3 heterocycles. The molecule has 9 nitrogen and oxygen atoms in total. The first-order chi connectivity index (χ1) is 16.5. The van der Waals surface area contributed by atoms with Crippen molar-refractivity contribution in [1.29, 1.82) is 0 Å². The summed E-state index contributed by atoms with van der Waals surface area (Å²) in [6.07, 6.45) is 0.247. The summed E-state index contributed by atoms with van der Waals surface area (Å²) in [7, 11) is 0. The van der Waals surface area contributed by atoms with E-state index in [9.17, 15) is 19.2 Å². The summed E-state index contributed by atoms with van der Waals surface area (Å²) in [6, 6.07) is 12.5. The molecule has 5 rings (SSSR count). The van der Waals surface area contributed by atoms with Crippen LogP contribution in [0.25, 0.3) is 0 Å². The van der Waals surface area contributed by atoms with Gasteiger partial charge in [0.05, 0.1) is 11.1 Å².